The molecular weight excluding hydrogens is 178 g/mol. The molecular formula is C11H25NO2. The van der Waals surface area contributed by atoms with Crippen LogP contribution in [0.25, 0.3) is 0 Å². The van der Waals surface area contributed by atoms with Gasteiger partial charge in [-0.2, -0.15) is 0 Å². The largest absolute Gasteiger partial charge is 0.385 e. The van der Waals surface area contributed by atoms with Gasteiger partial charge in [0.05, 0.1) is 0 Å². The fourth-order valence-corrected chi connectivity index (χ4v) is 1.07. The van der Waals surface area contributed by atoms with Crippen molar-refractivity contribution in [2.24, 2.45) is 11.7 Å². The molecule has 0 rings (SSSR count). The Balaban J connectivity index is 3.10. The van der Waals surface area contributed by atoms with E-state index < -0.39 is 0 Å². The second kappa shape index (κ2) is 9.44. The van der Waals surface area contributed by atoms with Crippen molar-refractivity contribution in [2.75, 3.05) is 26.9 Å². The van der Waals surface area contributed by atoms with Crippen LogP contribution in [0.1, 0.15) is 33.1 Å². The van der Waals surface area contributed by atoms with E-state index in [2.05, 4.69) is 13.8 Å². The first-order valence-electron chi connectivity index (χ1n) is 5.49. The van der Waals surface area contributed by atoms with E-state index >= 15 is 0 Å². The van der Waals surface area contributed by atoms with Gasteiger partial charge in [0.1, 0.15) is 0 Å². The van der Waals surface area contributed by atoms with Gasteiger partial charge in [-0.15, -0.1) is 0 Å². The zero-order chi connectivity index (χ0) is 10.8. The molecule has 0 fully saturated rings. The van der Waals surface area contributed by atoms with Gasteiger partial charge in [-0.05, 0) is 25.2 Å². The summed E-state index contributed by atoms with van der Waals surface area (Å²) in [5.74, 6) is 0.720. The number of ether oxygens (including phenoxy) is 2. The van der Waals surface area contributed by atoms with Gasteiger partial charge in [-0.1, -0.05) is 13.8 Å². The molecule has 0 aromatic carbocycles. The summed E-state index contributed by atoms with van der Waals surface area (Å²) in [6.07, 6.45) is 2.98. The molecule has 1 unspecified atom stereocenters. The van der Waals surface area contributed by atoms with Crippen LogP contribution in [0.3, 0.4) is 0 Å². The Hall–Kier alpha value is -0.120. The van der Waals surface area contributed by atoms with Crippen LogP contribution in [-0.2, 0) is 9.47 Å². The third kappa shape index (κ3) is 9.96. The molecule has 0 aliphatic carbocycles. The van der Waals surface area contributed by atoms with Gasteiger partial charge in [0.2, 0.25) is 0 Å². The van der Waals surface area contributed by atoms with Crippen molar-refractivity contribution in [1.82, 2.24) is 0 Å². The van der Waals surface area contributed by atoms with E-state index in [9.17, 15) is 0 Å². The molecule has 0 saturated carbocycles. The number of hydrogen-bond acceptors (Lipinski definition) is 3. The molecule has 0 aliphatic heterocycles. The highest BCUT2D eigenvalue weighted by molar-refractivity contribution is 4.59. The SMILES string of the molecule is COCCC(N)CCOCCC(C)C. The highest BCUT2D eigenvalue weighted by Gasteiger charge is 2.01. The van der Waals surface area contributed by atoms with Gasteiger partial charge < -0.3 is 15.2 Å². The van der Waals surface area contributed by atoms with Gasteiger partial charge >= 0.3 is 0 Å². The lowest BCUT2D eigenvalue weighted by atomic mass is 10.1. The lowest BCUT2D eigenvalue weighted by Crippen LogP contribution is -2.23. The number of rotatable bonds is 9. The minimum atomic E-state index is 0.217. The molecule has 86 valence electrons. The van der Waals surface area contributed by atoms with E-state index in [1.165, 1.54) is 0 Å². The second-order valence-corrected chi connectivity index (χ2v) is 4.13. The average Bonchev–Trinajstić information content (AvgIpc) is 2.13. The van der Waals surface area contributed by atoms with E-state index in [0.717, 1.165) is 45.0 Å². The summed E-state index contributed by atoms with van der Waals surface area (Å²) in [4.78, 5) is 0. The zero-order valence-electron chi connectivity index (χ0n) is 9.79. The van der Waals surface area contributed by atoms with Crippen LogP contribution in [0.4, 0.5) is 0 Å². The smallest absolute Gasteiger partial charge is 0.0480 e. The van der Waals surface area contributed by atoms with Crippen LogP contribution in [0.15, 0.2) is 0 Å². The van der Waals surface area contributed by atoms with Crippen LogP contribution in [-0.4, -0.2) is 33.0 Å². The quantitative estimate of drug-likeness (QED) is 0.581. The van der Waals surface area contributed by atoms with Crippen molar-refractivity contribution in [1.29, 1.82) is 0 Å². The number of methoxy groups -OCH3 is 1. The maximum atomic E-state index is 5.84. The molecule has 3 nitrogen and oxygen atoms in total. The van der Waals surface area contributed by atoms with Crippen LogP contribution in [0, 0.1) is 5.92 Å². The van der Waals surface area contributed by atoms with E-state index in [1.54, 1.807) is 7.11 Å². The van der Waals surface area contributed by atoms with Crippen molar-refractivity contribution in [3.8, 4) is 0 Å². The van der Waals surface area contributed by atoms with Crippen molar-refractivity contribution < 1.29 is 9.47 Å². The molecule has 1 atom stereocenters. The van der Waals surface area contributed by atoms with Crippen molar-refractivity contribution >= 4 is 0 Å². The maximum absolute atomic E-state index is 5.84. The fourth-order valence-electron chi connectivity index (χ4n) is 1.07. The molecule has 0 heterocycles. The van der Waals surface area contributed by atoms with Crippen LogP contribution >= 0.6 is 0 Å². The molecule has 14 heavy (non-hydrogen) atoms. The summed E-state index contributed by atoms with van der Waals surface area (Å²) in [7, 11) is 1.70. The number of nitrogens with two attached hydrogens (primary N) is 1. The molecule has 0 spiro atoms. The summed E-state index contributed by atoms with van der Waals surface area (Å²) >= 11 is 0. The lowest BCUT2D eigenvalue weighted by Gasteiger charge is -2.11. The Labute approximate surface area is 88.0 Å². The first-order valence-corrected chi connectivity index (χ1v) is 5.49. The standard InChI is InChI=1S/C11H25NO2/c1-10(2)4-8-14-9-6-11(12)5-7-13-3/h10-11H,4-9,12H2,1-3H3. The Morgan fingerprint density at radius 1 is 1.00 bits per heavy atom. The molecule has 2 N–H and O–H groups in total. The normalized spacial score (nSPS) is 13.5. The fraction of sp³-hybridized carbons (Fsp3) is 1.00. The molecule has 0 aliphatic rings. The van der Waals surface area contributed by atoms with Crippen molar-refractivity contribution in [3.05, 3.63) is 0 Å². The number of hydrogen-bond donors (Lipinski definition) is 1. The molecule has 0 aromatic rings. The predicted molar refractivity (Wildman–Crippen MR) is 59.4 cm³/mol. The third-order valence-electron chi connectivity index (χ3n) is 2.17. The molecule has 0 radical (unpaired) electrons. The zero-order valence-corrected chi connectivity index (χ0v) is 9.79. The highest BCUT2D eigenvalue weighted by Crippen LogP contribution is 2.00. The minimum Gasteiger partial charge on any atom is -0.385 e. The Kier molecular flexibility index (Phi) is 9.35. The second-order valence-electron chi connectivity index (χ2n) is 4.13. The predicted octanol–water partition coefficient (Wildman–Crippen LogP) is 1.80. The van der Waals surface area contributed by atoms with E-state index in [4.69, 9.17) is 15.2 Å². The van der Waals surface area contributed by atoms with E-state index in [0.29, 0.717) is 0 Å². The lowest BCUT2D eigenvalue weighted by molar-refractivity contribution is 0.112. The van der Waals surface area contributed by atoms with Gasteiger partial charge in [0.15, 0.2) is 0 Å². The average molecular weight is 203 g/mol. The molecule has 3 heteroatoms. The topological polar surface area (TPSA) is 44.5 Å². The molecule has 0 saturated heterocycles. The summed E-state index contributed by atoms with van der Waals surface area (Å²) in [5.41, 5.74) is 5.84. The van der Waals surface area contributed by atoms with Crippen molar-refractivity contribution in [3.63, 3.8) is 0 Å². The Bertz CT molecular complexity index is 118. The molecule has 0 aromatic heterocycles. The third-order valence-corrected chi connectivity index (χ3v) is 2.17. The summed E-state index contributed by atoms with van der Waals surface area (Å²) < 4.78 is 10.4. The molecule has 0 amide bonds. The van der Waals surface area contributed by atoms with Crippen LogP contribution < -0.4 is 5.73 Å². The van der Waals surface area contributed by atoms with Crippen molar-refractivity contribution in [2.45, 2.75) is 39.2 Å². The van der Waals surface area contributed by atoms with Gasteiger partial charge in [-0.3, -0.25) is 0 Å². The minimum absolute atomic E-state index is 0.217. The summed E-state index contributed by atoms with van der Waals surface area (Å²) in [5, 5.41) is 0. The van der Waals surface area contributed by atoms with Gasteiger partial charge in [0.25, 0.3) is 0 Å². The van der Waals surface area contributed by atoms with E-state index in [1.807, 2.05) is 0 Å². The maximum Gasteiger partial charge on any atom is 0.0480 e. The molecule has 0 bridgehead atoms. The van der Waals surface area contributed by atoms with Crippen LogP contribution in [0.2, 0.25) is 0 Å². The summed E-state index contributed by atoms with van der Waals surface area (Å²) in [6, 6.07) is 0.217. The van der Waals surface area contributed by atoms with E-state index in [-0.39, 0.29) is 6.04 Å². The van der Waals surface area contributed by atoms with Gasteiger partial charge in [-0.25, -0.2) is 0 Å². The van der Waals surface area contributed by atoms with Crippen LogP contribution in [0.5, 0.6) is 0 Å². The Morgan fingerprint density at radius 2 is 1.57 bits per heavy atom. The summed E-state index contributed by atoms with van der Waals surface area (Å²) in [6.45, 7) is 6.78. The first kappa shape index (κ1) is 13.9. The Morgan fingerprint density at radius 3 is 2.14 bits per heavy atom. The van der Waals surface area contributed by atoms with Gasteiger partial charge in [0, 0.05) is 33.0 Å². The highest BCUT2D eigenvalue weighted by atomic mass is 16.5. The monoisotopic (exact) mass is 203 g/mol. The first-order chi connectivity index (χ1) is 6.66.